The average molecular weight is 442 g/mol. The van der Waals surface area contributed by atoms with E-state index in [1.54, 1.807) is 24.3 Å². The monoisotopic (exact) mass is 441 g/mol. The molecule has 9 heteroatoms. The van der Waals surface area contributed by atoms with Gasteiger partial charge in [0.15, 0.2) is 0 Å². The molecule has 30 heavy (non-hydrogen) atoms. The molecule has 160 valence electrons. The van der Waals surface area contributed by atoms with Crippen molar-refractivity contribution in [2.75, 3.05) is 26.3 Å². The lowest BCUT2D eigenvalue weighted by molar-refractivity contribution is -0.137. The quantitative estimate of drug-likeness (QED) is 0.612. The summed E-state index contributed by atoms with van der Waals surface area (Å²) in [5, 5.41) is 12.3. The van der Waals surface area contributed by atoms with Gasteiger partial charge in [0.05, 0.1) is 16.2 Å². The van der Waals surface area contributed by atoms with Gasteiger partial charge in [0.25, 0.3) is 0 Å². The van der Waals surface area contributed by atoms with E-state index in [9.17, 15) is 23.1 Å². The second kappa shape index (κ2) is 9.40. The van der Waals surface area contributed by atoms with Crippen LogP contribution in [-0.4, -0.2) is 37.4 Å². The molecule has 0 spiro atoms. The highest BCUT2D eigenvalue weighted by atomic mass is 35.5. The van der Waals surface area contributed by atoms with Gasteiger partial charge in [-0.15, -0.1) is 0 Å². The van der Waals surface area contributed by atoms with E-state index in [4.69, 9.17) is 21.1 Å². The molecule has 3 rings (SSSR count). The second-order valence-electron chi connectivity index (χ2n) is 6.55. The van der Waals surface area contributed by atoms with E-state index < -0.39 is 17.7 Å². The lowest BCUT2D eigenvalue weighted by atomic mass is 9.94. The van der Waals surface area contributed by atoms with Crippen molar-refractivity contribution < 1.29 is 32.5 Å². The van der Waals surface area contributed by atoms with Crippen molar-refractivity contribution >= 4 is 23.1 Å². The van der Waals surface area contributed by atoms with Crippen LogP contribution in [0.4, 0.5) is 13.2 Å². The van der Waals surface area contributed by atoms with Crippen molar-refractivity contribution in [1.29, 1.82) is 0 Å². The number of halogens is 4. The summed E-state index contributed by atoms with van der Waals surface area (Å²) in [5.74, 6) is -0.230. The van der Waals surface area contributed by atoms with Crippen LogP contribution in [0.3, 0.4) is 0 Å². The lowest BCUT2D eigenvalue weighted by Gasteiger charge is -2.19. The zero-order valence-electron chi connectivity index (χ0n) is 15.8. The van der Waals surface area contributed by atoms with Crippen LogP contribution >= 0.6 is 11.6 Å². The molecule has 1 aliphatic heterocycles. The van der Waals surface area contributed by atoms with Crippen LogP contribution in [0, 0.1) is 0 Å². The van der Waals surface area contributed by atoms with Gasteiger partial charge in [0.2, 0.25) is 0 Å². The number of carbonyl (C=O) groups is 1. The third kappa shape index (κ3) is 5.46. The molecule has 0 saturated carbocycles. The van der Waals surface area contributed by atoms with Crippen LogP contribution in [0.15, 0.2) is 48.0 Å². The van der Waals surface area contributed by atoms with Gasteiger partial charge in [-0.05, 0) is 54.4 Å². The Morgan fingerprint density at radius 1 is 1.10 bits per heavy atom. The molecule has 0 aromatic heterocycles. The van der Waals surface area contributed by atoms with Gasteiger partial charge < -0.3 is 19.9 Å². The number of ether oxygens (including phenoxy) is 2. The third-order valence-electron chi connectivity index (χ3n) is 4.55. The van der Waals surface area contributed by atoms with Crippen molar-refractivity contribution in [3.63, 3.8) is 0 Å². The third-order valence-corrected chi connectivity index (χ3v) is 4.84. The largest absolute Gasteiger partial charge is 0.490 e. The van der Waals surface area contributed by atoms with Crippen LogP contribution in [0.25, 0.3) is 5.57 Å². The molecule has 2 N–H and O–H groups in total. The number of carboxylic acids is 1. The van der Waals surface area contributed by atoms with Crippen LogP contribution in [-0.2, 0) is 11.0 Å². The average Bonchev–Trinajstić information content (AvgIpc) is 2.72. The Morgan fingerprint density at radius 3 is 2.43 bits per heavy atom. The molecule has 1 aliphatic rings. The number of nitrogens with one attached hydrogen (secondary N) is 1. The maximum atomic E-state index is 12.6. The first-order valence-corrected chi connectivity index (χ1v) is 9.52. The molecule has 1 heterocycles. The highest BCUT2D eigenvalue weighted by molar-refractivity contribution is 6.32. The summed E-state index contributed by atoms with van der Waals surface area (Å²) < 4.78 is 48.9. The standard InChI is InChI=1S/C21H19ClF3NO4/c22-18-11-14(21(23,24)25)3-6-19(18)30-10-9-29-15-4-1-13(2-5-15)16-7-8-26-12-17(16)20(27)28/h1-6,11,26H,7-10,12H2,(H,27,28). The van der Waals surface area contributed by atoms with Crippen molar-refractivity contribution in [3.05, 3.63) is 64.2 Å². The summed E-state index contributed by atoms with van der Waals surface area (Å²) >= 11 is 5.84. The predicted octanol–water partition coefficient (Wildman–Crippen LogP) is 4.65. The molecular weight excluding hydrogens is 423 g/mol. The summed E-state index contributed by atoms with van der Waals surface area (Å²) in [6.07, 6.45) is -3.84. The van der Waals surface area contributed by atoms with Gasteiger partial charge in [-0.1, -0.05) is 23.7 Å². The Morgan fingerprint density at radius 2 is 1.80 bits per heavy atom. The van der Waals surface area contributed by atoms with Crippen molar-refractivity contribution in [3.8, 4) is 11.5 Å². The van der Waals surface area contributed by atoms with Crippen molar-refractivity contribution in [2.45, 2.75) is 12.6 Å². The normalized spacial score (nSPS) is 14.5. The Kier molecular flexibility index (Phi) is 6.89. The fourth-order valence-corrected chi connectivity index (χ4v) is 3.30. The van der Waals surface area contributed by atoms with E-state index in [0.29, 0.717) is 30.8 Å². The molecule has 2 aromatic rings. The Labute approximate surface area is 176 Å². The molecule has 0 radical (unpaired) electrons. The molecule has 0 atom stereocenters. The first-order chi connectivity index (χ1) is 14.3. The van der Waals surface area contributed by atoms with E-state index in [0.717, 1.165) is 23.3 Å². The highest BCUT2D eigenvalue weighted by Gasteiger charge is 2.31. The number of hydrogen-bond donors (Lipinski definition) is 2. The van der Waals surface area contributed by atoms with E-state index >= 15 is 0 Å². The van der Waals surface area contributed by atoms with Crippen LogP contribution in [0.2, 0.25) is 5.02 Å². The topological polar surface area (TPSA) is 67.8 Å². The molecule has 5 nitrogen and oxygen atoms in total. The van der Waals surface area contributed by atoms with Crippen molar-refractivity contribution in [2.24, 2.45) is 0 Å². The van der Waals surface area contributed by atoms with Gasteiger partial charge in [-0.25, -0.2) is 4.79 Å². The number of rotatable bonds is 7. The highest BCUT2D eigenvalue weighted by Crippen LogP contribution is 2.34. The zero-order chi connectivity index (χ0) is 21.7. The number of aliphatic carboxylic acids is 1. The van der Waals surface area contributed by atoms with Gasteiger partial charge in [0.1, 0.15) is 24.7 Å². The van der Waals surface area contributed by atoms with Crippen LogP contribution in [0.5, 0.6) is 11.5 Å². The number of carboxylic acid groups (broad SMARTS) is 1. The smallest absolute Gasteiger partial charge is 0.416 e. The van der Waals surface area contributed by atoms with Crippen molar-refractivity contribution in [1.82, 2.24) is 5.32 Å². The SMILES string of the molecule is O=C(O)C1=C(c2ccc(OCCOc3ccc(C(F)(F)F)cc3Cl)cc2)CCNC1. The van der Waals surface area contributed by atoms with Gasteiger partial charge >= 0.3 is 12.1 Å². The second-order valence-corrected chi connectivity index (χ2v) is 6.96. The maximum Gasteiger partial charge on any atom is 0.416 e. The van der Waals surface area contributed by atoms with E-state index in [-0.39, 0.29) is 24.0 Å². The Bertz CT molecular complexity index is 942. The Hall–Kier alpha value is -2.71. The van der Waals surface area contributed by atoms with E-state index in [2.05, 4.69) is 5.32 Å². The fraction of sp³-hybridized carbons (Fsp3) is 0.286. The van der Waals surface area contributed by atoms with Crippen LogP contribution in [0.1, 0.15) is 17.5 Å². The molecule has 0 amide bonds. The first-order valence-electron chi connectivity index (χ1n) is 9.14. The molecular formula is C21H19ClF3NO4. The summed E-state index contributed by atoms with van der Waals surface area (Å²) in [6, 6.07) is 9.95. The molecule has 0 bridgehead atoms. The number of hydrogen-bond acceptors (Lipinski definition) is 4. The summed E-state index contributed by atoms with van der Waals surface area (Å²) in [7, 11) is 0. The summed E-state index contributed by atoms with van der Waals surface area (Å²) in [6.45, 7) is 1.29. The zero-order valence-corrected chi connectivity index (χ0v) is 16.5. The predicted molar refractivity (Wildman–Crippen MR) is 106 cm³/mol. The van der Waals surface area contributed by atoms with Gasteiger partial charge in [0, 0.05) is 6.54 Å². The molecule has 0 saturated heterocycles. The summed E-state index contributed by atoms with van der Waals surface area (Å²) in [5.41, 5.74) is 1.14. The van der Waals surface area contributed by atoms with E-state index in [1.807, 2.05) is 0 Å². The first kappa shape index (κ1) is 22.0. The minimum atomic E-state index is -4.47. The lowest BCUT2D eigenvalue weighted by Crippen LogP contribution is -2.28. The molecule has 2 aromatic carbocycles. The number of alkyl halides is 3. The van der Waals surface area contributed by atoms with Crippen LogP contribution < -0.4 is 14.8 Å². The number of benzene rings is 2. The van der Waals surface area contributed by atoms with Gasteiger partial charge in [-0.2, -0.15) is 13.2 Å². The Balaban J connectivity index is 1.54. The fourth-order valence-electron chi connectivity index (χ4n) is 3.07. The minimum Gasteiger partial charge on any atom is -0.490 e. The molecule has 0 aliphatic carbocycles. The minimum absolute atomic E-state index is 0.0901. The van der Waals surface area contributed by atoms with Gasteiger partial charge in [-0.3, -0.25) is 0 Å². The molecule has 0 unspecified atom stereocenters. The van der Waals surface area contributed by atoms with E-state index in [1.165, 1.54) is 6.07 Å². The summed E-state index contributed by atoms with van der Waals surface area (Å²) in [4.78, 5) is 11.4. The molecule has 0 fully saturated rings. The maximum absolute atomic E-state index is 12.6.